The van der Waals surface area contributed by atoms with Crippen molar-refractivity contribution in [3.63, 3.8) is 0 Å². The molecule has 0 spiro atoms. The van der Waals surface area contributed by atoms with Crippen LogP contribution in [-0.4, -0.2) is 52.7 Å². The molecule has 2 heterocycles. The highest BCUT2D eigenvalue weighted by atomic mass is 32.2. The van der Waals surface area contributed by atoms with Gasteiger partial charge in [0, 0.05) is 30.8 Å². The minimum atomic E-state index is -3.87. The van der Waals surface area contributed by atoms with E-state index in [9.17, 15) is 23.0 Å². The number of methoxy groups -OCH3 is 1. The Balaban J connectivity index is 1.53. The average molecular weight is 447 g/mol. The molecule has 1 aliphatic heterocycles. The molecule has 2 aromatic carbocycles. The second-order valence-corrected chi connectivity index (χ2v) is 9.08. The molecule has 1 aliphatic rings. The second kappa shape index (κ2) is 8.39. The lowest BCUT2D eigenvalue weighted by Gasteiger charge is -2.29. The minimum absolute atomic E-state index is 0.0752. The van der Waals surface area contributed by atoms with Gasteiger partial charge in [0.2, 0.25) is 0 Å². The highest BCUT2D eigenvalue weighted by molar-refractivity contribution is 7.89. The normalized spacial score (nSPS) is 16.1. The van der Waals surface area contributed by atoms with Crippen molar-refractivity contribution in [3.05, 3.63) is 77.4 Å². The third-order valence-corrected chi connectivity index (χ3v) is 6.97. The zero-order chi connectivity index (χ0) is 22.2. The van der Waals surface area contributed by atoms with Crippen LogP contribution in [0.4, 0.5) is 4.39 Å². The van der Waals surface area contributed by atoms with E-state index in [4.69, 9.17) is 4.74 Å². The molecule has 0 radical (unpaired) electrons. The highest BCUT2D eigenvalue weighted by Crippen LogP contribution is 2.31. The molecular weight excluding hydrogens is 425 g/mol. The van der Waals surface area contributed by atoms with Crippen LogP contribution in [0, 0.1) is 5.82 Å². The maximum atomic E-state index is 14.1. The smallest absolute Gasteiger partial charge is 0.282 e. The zero-order valence-corrected chi connectivity index (χ0v) is 17.5. The van der Waals surface area contributed by atoms with Gasteiger partial charge in [-0.25, -0.2) is 4.39 Å². The molecule has 3 aromatic rings. The van der Waals surface area contributed by atoms with E-state index < -0.39 is 34.6 Å². The molecule has 10 heteroatoms. The van der Waals surface area contributed by atoms with Gasteiger partial charge < -0.3 is 14.9 Å². The van der Waals surface area contributed by atoms with E-state index in [0.717, 1.165) is 4.09 Å². The molecule has 1 aromatic heterocycles. The summed E-state index contributed by atoms with van der Waals surface area (Å²) >= 11 is 0. The van der Waals surface area contributed by atoms with Gasteiger partial charge in [0.25, 0.3) is 10.0 Å². The van der Waals surface area contributed by atoms with Crippen LogP contribution in [0.2, 0.25) is 0 Å². The Morgan fingerprint density at radius 1 is 1.16 bits per heavy atom. The van der Waals surface area contributed by atoms with Gasteiger partial charge in [0.1, 0.15) is 17.8 Å². The molecule has 164 valence electrons. The Bertz CT molecular complexity index is 1160. The summed E-state index contributed by atoms with van der Waals surface area (Å²) < 4.78 is 45.8. The fraction of sp³-hybridized carbons (Fsp3) is 0.286. The van der Waals surface area contributed by atoms with Crippen LogP contribution in [0.5, 0.6) is 5.75 Å². The van der Waals surface area contributed by atoms with Crippen molar-refractivity contribution in [1.82, 2.24) is 14.1 Å². The number of nitrogens with zero attached hydrogens (tertiary/aromatic N) is 3. The van der Waals surface area contributed by atoms with Crippen molar-refractivity contribution in [2.75, 3.05) is 13.7 Å². The lowest BCUT2D eigenvalue weighted by atomic mass is 9.97. The summed E-state index contributed by atoms with van der Waals surface area (Å²) in [5.41, 5.74) is 1.36. The first-order valence-electron chi connectivity index (χ1n) is 9.59. The summed E-state index contributed by atoms with van der Waals surface area (Å²) in [6.45, 7) is -0.0474. The first-order chi connectivity index (χ1) is 14.8. The number of aliphatic hydroxyl groups excluding tert-OH is 2. The Morgan fingerprint density at radius 2 is 1.87 bits per heavy atom. The molecule has 31 heavy (non-hydrogen) atoms. The fourth-order valence-electron chi connectivity index (χ4n) is 3.70. The third-order valence-electron chi connectivity index (χ3n) is 5.42. The number of aliphatic hydroxyl groups is 2. The number of aromatic nitrogens is 2. The Morgan fingerprint density at radius 3 is 2.48 bits per heavy atom. The molecule has 8 nitrogen and oxygen atoms in total. The van der Waals surface area contributed by atoms with Gasteiger partial charge in [0.05, 0.1) is 24.3 Å². The van der Waals surface area contributed by atoms with Crippen molar-refractivity contribution >= 4 is 10.0 Å². The van der Waals surface area contributed by atoms with Gasteiger partial charge in [-0.05, 0) is 35.9 Å². The van der Waals surface area contributed by atoms with Crippen LogP contribution in [0.1, 0.15) is 22.7 Å². The molecule has 0 aliphatic carbocycles. The van der Waals surface area contributed by atoms with Crippen LogP contribution in [0.15, 0.2) is 59.6 Å². The minimum Gasteiger partial charge on any atom is -0.497 e. The molecule has 2 atom stereocenters. The molecule has 4 rings (SSSR count). The average Bonchev–Trinajstić information content (AvgIpc) is 3.35. The maximum Gasteiger partial charge on any atom is 0.282 e. The van der Waals surface area contributed by atoms with Gasteiger partial charge in [-0.15, -0.1) is 0 Å². The SMILES string of the molecule is COc1ccc(S(=O)(=O)n2cc3c(n2)CN(C(O)[C@H](CO)c2ccccc2F)C3)cc1. The van der Waals surface area contributed by atoms with Crippen LogP contribution < -0.4 is 4.74 Å². The molecular formula is C21H22FN3O5S. The van der Waals surface area contributed by atoms with Crippen molar-refractivity contribution in [3.8, 4) is 5.75 Å². The summed E-state index contributed by atoms with van der Waals surface area (Å²) in [5.74, 6) is -0.812. The standard InChI is InChI=1S/C21H22FN3O5S/c1-30-15-6-8-16(9-7-15)31(28,29)25-11-14-10-24(12-20(14)23-25)21(27)18(13-26)17-4-2-3-5-19(17)22/h2-9,11,18,21,26-27H,10,12-13H2,1H3/t18-,21?/m1/s1. The van der Waals surface area contributed by atoms with Crippen molar-refractivity contribution < 1.29 is 27.8 Å². The van der Waals surface area contributed by atoms with Gasteiger partial charge in [0.15, 0.2) is 0 Å². The topological polar surface area (TPSA) is 105 Å². The molecule has 0 fully saturated rings. The number of ether oxygens (including phenoxy) is 1. The van der Waals surface area contributed by atoms with E-state index in [1.54, 1.807) is 23.1 Å². The van der Waals surface area contributed by atoms with Gasteiger partial charge in [-0.1, -0.05) is 18.2 Å². The summed E-state index contributed by atoms with van der Waals surface area (Å²) in [4.78, 5) is 1.70. The third kappa shape index (κ3) is 3.94. The van der Waals surface area contributed by atoms with Gasteiger partial charge in [-0.2, -0.15) is 17.6 Å². The number of fused-ring (bicyclic) bond motifs is 1. The molecule has 0 saturated heterocycles. The first kappa shape index (κ1) is 21.4. The summed E-state index contributed by atoms with van der Waals surface area (Å²) in [6.07, 6.45) is 0.251. The molecule has 1 unspecified atom stereocenters. The largest absolute Gasteiger partial charge is 0.497 e. The Labute approximate surface area is 179 Å². The maximum absolute atomic E-state index is 14.1. The monoisotopic (exact) mass is 447 g/mol. The van der Waals surface area contributed by atoms with Crippen LogP contribution >= 0.6 is 0 Å². The zero-order valence-electron chi connectivity index (χ0n) is 16.7. The number of halogens is 1. The van der Waals surface area contributed by atoms with E-state index in [2.05, 4.69) is 5.10 Å². The van der Waals surface area contributed by atoms with E-state index >= 15 is 0 Å². The second-order valence-electron chi connectivity index (χ2n) is 7.28. The lowest BCUT2D eigenvalue weighted by molar-refractivity contribution is -0.0343. The fourth-order valence-corrected chi connectivity index (χ4v) is 4.87. The number of rotatable bonds is 7. The van der Waals surface area contributed by atoms with Gasteiger partial charge >= 0.3 is 0 Å². The summed E-state index contributed by atoms with van der Waals surface area (Å²) in [6, 6.07) is 12.0. The van der Waals surface area contributed by atoms with Crippen LogP contribution in [0.3, 0.4) is 0 Å². The first-order valence-corrected chi connectivity index (χ1v) is 11.0. The van der Waals surface area contributed by atoms with Crippen molar-refractivity contribution in [2.45, 2.75) is 30.1 Å². The molecule has 2 N–H and O–H groups in total. The predicted molar refractivity (Wildman–Crippen MR) is 109 cm³/mol. The highest BCUT2D eigenvalue weighted by Gasteiger charge is 2.34. The predicted octanol–water partition coefficient (Wildman–Crippen LogP) is 1.68. The Hall–Kier alpha value is -2.79. The Kier molecular flexibility index (Phi) is 5.80. The van der Waals surface area contributed by atoms with E-state index in [0.29, 0.717) is 17.0 Å². The van der Waals surface area contributed by atoms with Crippen molar-refractivity contribution in [2.24, 2.45) is 0 Å². The molecule has 0 amide bonds. The molecule has 0 saturated carbocycles. The van der Waals surface area contributed by atoms with E-state index in [1.807, 2.05) is 0 Å². The van der Waals surface area contributed by atoms with E-state index in [1.165, 1.54) is 43.6 Å². The quantitative estimate of drug-likeness (QED) is 0.568. The molecule has 0 bridgehead atoms. The van der Waals surface area contributed by atoms with Crippen LogP contribution in [0.25, 0.3) is 0 Å². The van der Waals surface area contributed by atoms with Crippen LogP contribution in [-0.2, 0) is 23.1 Å². The number of hydrogen-bond donors (Lipinski definition) is 2. The number of benzene rings is 2. The number of hydrogen-bond acceptors (Lipinski definition) is 7. The summed E-state index contributed by atoms with van der Waals surface area (Å²) in [5, 5.41) is 24.7. The van der Waals surface area contributed by atoms with Gasteiger partial charge in [-0.3, -0.25) is 4.90 Å². The van der Waals surface area contributed by atoms with E-state index in [-0.39, 0.29) is 23.5 Å². The van der Waals surface area contributed by atoms with Crippen molar-refractivity contribution in [1.29, 1.82) is 0 Å². The summed E-state index contributed by atoms with van der Waals surface area (Å²) in [7, 11) is -2.37. The lowest BCUT2D eigenvalue weighted by Crippen LogP contribution is -2.38.